The second-order valence-electron chi connectivity index (χ2n) is 2.50. The summed E-state index contributed by atoms with van der Waals surface area (Å²) in [4.78, 5) is 3.51. The van der Waals surface area contributed by atoms with Gasteiger partial charge in [-0.15, -0.1) is 0 Å². The van der Waals surface area contributed by atoms with E-state index < -0.39 is 12.2 Å². The lowest BCUT2D eigenvalue weighted by molar-refractivity contribution is -0.149. The second kappa shape index (κ2) is 3.21. The highest BCUT2D eigenvalue weighted by molar-refractivity contribution is 5.41. The Kier molecular flexibility index (Phi) is 2.42. The first-order valence-corrected chi connectivity index (χ1v) is 3.45. The number of hydrogen-bond donors (Lipinski definition) is 2. The molecule has 6 heteroatoms. The topological polar surface area (TPSA) is 64.9 Å². The highest BCUT2D eigenvalue weighted by Gasteiger charge is 2.38. The molecule has 1 rings (SSSR count). The van der Waals surface area contributed by atoms with Gasteiger partial charge in [0.2, 0.25) is 0 Å². The molecule has 13 heavy (non-hydrogen) atoms. The van der Waals surface area contributed by atoms with Gasteiger partial charge in [-0.05, 0) is 6.07 Å². The summed E-state index contributed by atoms with van der Waals surface area (Å²) >= 11 is 0. The van der Waals surface area contributed by atoms with Crippen molar-refractivity contribution in [2.24, 2.45) is 5.73 Å². The van der Waals surface area contributed by atoms with Crippen LogP contribution in [0.3, 0.4) is 0 Å². The van der Waals surface area contributed by atoms with Crippen LogP contribution in [0.1, 0.15) is 11.6 Å². The molecule has 0 saturated carbocycles. The molecule has 0 spiro atoms. The Morgan fingerprint density at radius 2 is 2.00 bits per heavy atom. The van der Waals surface area contributed by atoms with Crippen molar-refractivity contribution in [3.8, 4) is 0 Å². The van der Waals surface area contributed by atoms with Gasteiger partial charge < -0.3 is 11.5 Å². The highest BCUT2D eigenvalue weighted by Crippen LogP contribution is 2.32. The normalized spacial score (nSPS) is 14.2. The van der Waals surface area contributed by atoms with Gasteiger partial charge >= 0.3 is 6.18 Å². The number of halogens is 3. The minimum atomic E-state index is -4.49. The summed E-state index contributed by atoms with van der Waals surface area (Å²) in [6.45, 7) is 0. The van der Waals surface area contributed by atoms with Crippen LogP contribution in [0, 0.1) is 0 Å². The summed E-state index contributed by atoms with van der Waals surface area (Å²) in [7, 11) is 0. The van der Waals surface area contributed by atoms with Crippen LogP contribution in [0.4, 0.5) is 19.0 Å². The molecule has 1 unspecified atom stereocenters. The maximum absolute atomic E-state index is 12.1. The lowest BCUT2D eigenvalue weighted by Gasteiger charge is -2.16. The molecule has 0 fully saturated rings. The molecule has 72 valence electrons. The van der Waals surface area contributed by atoms with Crippen molar-refractivity contribution in [3.63, 3.8) is 0 Å². The van der Waals surface area contributed by atoms with Gasteiger partial charge in [-0.25, -0.2) is 4.98 Å². The third-order valence-corrected chi connectivity index (χ3v) is 1.56. The van der Waals surface area contributed by atoms with Crippen molar-refractivity contribution in [2.45, 2.75) is 12.2 Å². The van der Waals surface area contributed by atoms with E-state index in [9.17, 15) is 13.2 Å². The van der Waals surface area contributed by atoms with Crippen molar-refractivity contribution < 1.29 is 13.2 Å². The lowest BCUT2D eigenvalue weighted by atomic mass is 10.1. The summed E-state index contributed by atoms with van der Waals surface area (Å²) in [5.41, 5.74) is 9.96. The first-order valence-electron chi connectivity index (χ1n) is 3.45. The van der Waals surface area contributed by atoms with Crippen LogP contribution in [-0.4, -0.2) is 11.2 Å². The van der Waals surface area contributed by atoms with E-state index in [-0.39, 0.29) is 11.4 Å². The van der Waals surface area contributed by atoms with Crippen LogP contribution in [0.25, 0.3) is 0 Å². The van der Waals surface area contributed by atoms with Gasteiger partial charge in [-0.3, -0.25) is 0 Å². The summed E-state index contributed by atoms with van der Waals surface area (Å²) < 4.78 is 36.3. The summed E-state index contributed by atoms with van der Waals surface area (Å²) in [5.74, 6) is -0.188. The predicted molar refractivity (Wildman–Crippen MR) is 41.6 cm³/mol. The first-order chi connectivity index (χ1) is 5.93. The van der Waals surface area contributed by atoms with Crippen molar-refractivity contribution in [2.75, 3.05) is 5.73 Å². The Balaban J connectivity index is 3.02. The number of alkyl halides is 3. The van der Waals surface area contributed by atoms with E-state index in [0.717, 1.165) is 0 Å². The maximum Gasteiger partial charge on any atom is 0.407 e. The van der Waals surface area contributed by atoms with Gasteiger partial charge in [0.1, 0.15) is 11.9 Å². The number of rotatable bonds is 1. The van der Waals surface area contributed by atoms with Crippen LogP contribution in [0.15, 0.2) is 18.3 Å². The summed E-state index contributed by atoms with van der Waals surface area (Å²) in [6.07, 6.45) is -3.18. The summed E-state index contributed by atoms with van der Waals surface area (Å²) in [6, 6.07) is 0.499. The Labute approximate surface area is 72.6 Å². The molecule has 3 nitrogen and oxygen atoms in total. The maximum atomic E-state index is 12.1. The second-order valence-corrected chi connectivity index (χ2v) is 2.50. The van der Waals surface area contributed by atoms with Crippen LogP contribution >= 0.6 is 0 Å². The molecule has 0 aliphatic carbocycles. The molecule has 0 aromatic carbocycles. The van der Waals surface area contributed by atoms with Crippen LogP contribution in [-0.2, 0) is 0 Å². The van der Waals surface area contributed by atoms with E-state index in [1.807, 2.05) is 0 Å². The van der Waals surface area contributed by atoms with Crippen LogP contribution < -0.4 is 11.5 Å². The van der Waals surface area contributed by atoms with Gasteiger partial charge in [0, 0.05) is 11.8 Å². The van der Waals surface area contributed by atoms with Crippen LogP contribution in [0.2, 0.25) is 0 Å². The van der Waals surface area contributed by atoms with E-state index in [2.05, 4.69) is 4.98 Å². The zero-order valence-corrected chi connectivity index (χ0v) is 6.55. The van der Waals surface area contributed by atoms with E-state index in [4.69, 9.17) is 11.5 Å². The predicted octanol–water partition coefficient (Wildman–Crippen LogP) is 1.23. The molecule has 4 N–H and O–H groups in total. The average Bonchev–Trinajstić information content (AvgIpc) is 2.02. The minimum Gasteiger partial charge on any atom is -0.383 e. The highest BCUT2D eigenvalue weighted by atomic mass is 19.4. The SMILES string of the molecule is Nc1ncccc1C(N)C(F)(F)F. The lowest BCUT2D eigenvalue weighted by Crippen LogP contribution is -2.29. The van der Waals surface area contributed by atoms with Gasteiger partial charge in [0.25, 0.3) is 0 Å². The largest absolute Gasteiger partial charge is 0.407 e. The molecule has 1 aromatic heterocycles. The van der Waals surface area contributed by atoms with Gasteiger partial charge in [0.05, 0.1) is 0 Å². The number of pyridine rings is 1. The molecule has 1 aromatic rings. The quantitative estimate of drug-likeness (QED) is 0.701. The summed E-state index contributed by atoms with van der Waals surface area (Å²) in [5, 5.41) is 0. The standard InChI is InChI=1S/C7H8F3N3/c8-7(9,10)5(11)4-2-1-3-13-6(4)12/h1-3,5H,11H2,(H2,12,13). The Morgan fingerprint density at radius 1 is 1.38 bits per heavy atom. The van der Waals surface area contributed by atoms with Crippen molar-refractivity contribution in [1.82, 2.24) is 4.98 Å². The fourth-order valence-corrected chi connectivity index (χ4v) is 0.869. The fourth-order valence-electron chi connectivity index (χ4n) is 0.869. The Morgan fingerprint density at radius 3 is 2.46 bits per heavy atom. The molecule has 1 heterocycles. The van der Waals surface area contributed by atoms with Gasteiger partial charge in [0.15, 0.2) is 0 Å². The molecular formula is C7H8F3N3. The Hall–Kier alpha value is -1.30. The van der Waals surface area contributed by atoms with E-state index in [1.54, 1.807) is 0 Å². The average molecular weight is 191 g/mol. The molecule has 0 radical (unpaired) electrons. The molecule has 0 aliphatic heterocycles. The zero-order chi connectivity index (χ0) is 10.1. The van der Waals surface area contributed by atoms with E-state index in [1.165, 1.54) is 18.3 Å². The number of nitrogens with two attached hydrogens (primary N) is 2. The molecule has 0 saturated heterocycles. The number of anilines is 1. The number of nitrogens with zero attached hydrogens (tertiary/aromatic N) is 1. The number of hydrogen-bond acceptors (Lipinski definition) is 3. The molecule has 0 bridgehead atoms. The molecule has 0 aliphatic rings. The van der Waals surface area contributed by atoms with Gasteiger partial charge in [-0.2, -0.15) is 13.2 Å². The number of aromatic nitrogens is 1. The monoisotopic (exact) mass is 191 g/mol. The van der Waals surface area contributed by atoms with Crippen molar-refractivity contribution in [1.29, 1.82) is 0 Å². The van der Waals surface area contributed by atoms with Gasteiger partial charge in [-0.1, -0.05) is 6.07 Å². The van der Waals surface area contributed by atoms with E-state index >= 15 is 0 Å². The third kappa shape index (κ3) is 2.09. The van der Waals surface area contributed by atoms with Crippen molar-refractivity contribution in [3.05, 3.63) is 23.9 Å². The Bertz CT molecular complexity index is 297. The molecule has 1 atom stereocenters. The minimum absolute atomic E-state index is 0.188. The van der Waals surface area contributed by atoms with E-state index in [0.29, 0.717) is 0 Å². The zero-order valence-electron chi connectivity index (χ0n) is 6.55. The first kappa shape index (κ1) is 9.79. The van der Waals surface area contributed by atoms with Crippen molar-refractivity contribution >= 4 is 5.82 Å². The smallest absolute Gasteiger partial charge is 0.383 e. The molecule has 0 amide bonds. The molecular weight excluding hydrogens is 183 g/mol. The third-order valence-electron chi connectivity index (χ3n) is 1.56. The van der Waals surface area contributed by atoms with Crippen LogP contribution in [0.5, 0.6) is 0 Å². The number of nitrogen functional groups attached to an aromatic ring is 1. The fraction of sp³-hybridized carbons (Fsp3) is 0.286.